The van der Waals surface area contributed by atoms with Gasteiger partial charge in [0.05, 0.1) is 22.3 Å². The van der Waals surface area contributed by atoms with Crippen molar-refractivity contribution < 1.29 is 8.42 Å². The number of piperazine rings is 1. The third-order valence-corrected chi connectivity index (χ3v) is 7.43. The molecule has 0 atom stereocenters. The zero-order chi connectivity index (χ0) is 23.9. The minimum absolute atomic E-state index is 0.296. The van der Waals surface area contributed by atoms with Crippen molar-refractivity contribution >= 4 is 32.7 Å². The van der Waals surface area contributed by atoms with Crippen molar-refractivity contribution in [3.63, 3.8) is 0 Å². The fourth-order valence-electron chi connectivity index (χ4n) is 4.22. The van der Waals surface area contributed by atoms with Gasteiger partial charge in [-0.2, -0.15) is 0 Å². The summed E-state index contributed by atoms with van der Waals surface area (Å²) in [4.78, 5) is 9.54. The molecule has 9 heteroatoms. The number of nitrogens with one attached hydrogen (secondary N) is 1. The molecule has 0 bridgehead atoms. The van der Waals surface area contributed by atoms with Crippen LogP contribution in [0.3, 0.4) is 0 Å². The van der Waals surface area contributed by atoms with Crippen LogP contribution in [0, 0.1) is 6.92 Å². The minimum Gasteiger partial charge on any atom is -0.369 e. The Bertz CT molecular complexity index is 1440. The summed E-state index contributed by atoms with van der Waals surface area (Å²) in [7, 11) is -1.08. The Morgan fingerprint density at radius 3 is 2.35 bits per heavy atom. The Kier molecular flexibility index (Phi) is 5.75. The molecule has 8 nitrogen and oxygen atoms in total. The Hall–Kier alpha value is -3.43. The molecule has 0 unspecified atom stereocenters. The van der Waals surface area contributed by atoms with Crippen LogP contribution in [-0.4, -0.2) is 67.4 Å². The first kappa shape index (κ1) is 22.4. The van der Waals surface area contributed by atoms with Crippen molar-refractivity contribution in [2.45, 2.75) is 11.8 Å². The standard InChI is InChI=1S/C25H28N6O2S/c1-18-16-20(30-14-12-29(2)13-15-30)6-10-23(18)27-25-26-17-21-7-11-24(31(21)28-25)19-4-8-22(9-5-19)34(3,32)33/h4-11,16-17H,12-15H2,1-3H3,(H,27,28). The lowest BCUT2D eigenvalue weighted by atomic mass is 10.1. The number of hydrogen-bond acceptors (Lipinski definition) is 7. The van der Waals surface area contributed by atoms with Gasteiger partial charge in [0, 0.05) is 49.4 Å². The molecular weight excluding hydrogens is 448 g/mol. The smallest absolute Gasteiger partial charge is 0.245 e. The van der Waals surface area contributed by atoms with E-state index in [0.29, 0.717) is 10.8 Å². The van der Waals surface area contributed by atoms with Gasteiger partial charge in [0.2, 0.25) is 5.95 Å². The van der Waals surface area contributed by atoms with Gasteiger partial charge in [-0.3, -0.25) is 0 Å². The number of likely N-dealkylation sites (N-methyl/N-ethyl adjacent to an activating group) is 1. The fraction of sp³-hybridized carbons (Fsp3) is 0.280. The van der Waals surface area contributed by atoms with Crippen molar-refractivity contribution in [2.24, 2.45) is 0 Å². The van der Waals surface area contributed by atoms with E-state index in [2.05, 4.69) is 52.3 Å². The number of fused-ring (bicyclic) bond motifs is 1. The first-order valence-electron chi connectivity index (χ1n) is 11.2. The summed E-state index contributed by atoms with van der Waals surface area (Å²) in [6, 6.07) is 17.2. The topological polar surface area (TPSA) is 82.8 Å². The number of sulfone groups is 1. The lowest BCUT2D eigenvalue weighted by Crippen LogP contribution is -2.44. The summed E-state index contributed by atoms with van der Waals surface area (Å²) in [6.07, 6.45) is 2.98. The average Bonchev–Trinajstić information content (AvgIpc) is 3.24. The number of anilines is 3. The molecule has 1 aliphatic heterocycles. The largest absolute Gasteiger partial charge is 0.369 e. The van der Waals surface area contributed by atoms with Gasteiger partial charge in [0.25, 0.3) is 0 Å². The van der Waals surface area contributed by atoms with Crippen molar-refractivity contribution in [3.8, 4) is 11.3 Å². The molecule has 1 fully saturated rings. The van der Waals surface area contributed by atoms with Crippen LogP contribution in [0.4, 0.5) is 17.3 Å². The summed E-state index contributed by atoms with van der Waals surface area (Å²) in [5, 5.41) is 8.05. The van der Waals surface area contributed by atoms with Crippen LogP contribution in [0.2, 0.25) is 0 Å². The molecule has 2 aromatic carbocycles. The van der Waals surface area contributed by atoms with Crippen LogP contribution < -0.4 is 10.2 Å². The second-order valence-electron chi connectivity index (χ2n) is 8.85. The van der Waals surface area contributed by atoms with Crippen LogP contribution in [0.1, 0.15) is 5.56 Å². The molecule has 2 aromatic heterocycles. The van der Waals surface area contributed by atoms with E-state index in [1.165, 1.54) is 11.9 Å². The Morgan fingerprint density at radius 1 is 0.941 bits per heavy atom. The molecule has 1 aliphatic rings. The third kappa shape index (κ3) is 4.49. The fourth-order valence-corrected chi connectivity index (χ4v) is 4.85. The lowest BCUT2D eigenvalue weighted by molar-refractivity contribution is 0.313. The summed E-state index contributed by atoms with van der Waals surface area (Å²) < 4.78 is 25.4. The van der Waals surface area contributed by atoms with Gasteiger partial charge >= 0.3 is 0 Å². The molecular formula is C25H28N6O2S. The lowest BCUT2D eigenvalue weighted by Gasteiger charge is -2.34. The number of nitrogens with zero attached hydrogens (tertiary/aromatic N) is 5. The molecule has 3 heterocycles. The highest BCUT2D eigenvalue weighted by atomic mass is 32.2. The minimum atomic E-state index is -3.24. The van der Waals surface area contributed by atoms with Crippen LogP contribution in [-0.2, 0) is 9.84 Å². The van der Waals surface area contributed by atoms with Gasteiger partial charge in [0.1, 0.15) is 0 Å². The van der Waals surface area contributed by atoms with Gasteiger partial charge in [0.15, 0.2) is 9.84 Å². The molecule has 1 N–H and O–H groups in total. The molecule has 0 radical (unpaired) electrons. The Morgan fingerprint density at radius 2 is 1.68 bits per heavy atom. The molecule has 5 rings (SSSR count). The van der Waals surface area contributed by atoms with Crippen LogP contribution in [0.25, 0.3) is 16.8 Å². The molecule has 0 spiro atoms. The van der Waals surface area contributed by atoms with Gasteiger partial charge < -0.3 is 15.1 Å². The number of aromatic nitrogens is 3. The van der Waals surface area contributed by atoms with Gasteiger partial charge in [-0.05, 0) is 62.0 Å². The van der Waals surface area contributed by atoms with Gasteiger partial charge in [-0.15, -0.1) is 5.10 Å². The van der Waals surface area contributed by atoms with E-state index in [9.17, 15) is 8.42 Å². The van der Waals surface area contributed by atoms with Gasteiger partial charge in [-0.25, -0.2) is 17.9 Å². The first-order valence-corrected chi connectivity index (χ1v) is 13.1. The Labute approximate surface area is 199 Å². The maximum atomic E-state index is 11.8. The molecule has 0 saturated carbocycles. The van der Waals surface area contributed by atoms with E-state index in [4.69, 9.17) is 5.10 Å². The Balaban J connectivity index is 1.40. The predicted molar refractivity (Wildman–Crippen MR) is 136 cm³/mol. The number of benzene rings is 2. The summed E-state index contributed by atoms with van der Waals surface area (Å²) in [5.41, 5.74) is 5.92. The van der Waals surface area contributed by atoms with Crippen molar-refractivity contribution in [3.05, 3.63) is 66.4 Å². The van der Waals surface area contributed by atoms with E-state index in [1.807, 2.05) is 16.6 Å². The van der Waals surface area contributed by atoms with Crippen molar-refractivity contribution in [1.82, 2.24) is 19.5 Å². The van der Waals surface area contributed by atoms with Gasteiger partial charge in [-0.1, -0.05) is 12.1 Å². The van der Waals surface area contributed by atoms with E-state index < -0.39 is 9.84 Å². The quantitative estimate of drug-likeness (QED) is 0.471. The summed E-state index contributed by atoms with van der Waals surface area (Å²) in [6.45, 7) is 6.30. The summed E-state index contributed by atoms with van der Waals surface area (Å²) in [5.74, 6) is 0.494. The molecule has 176 valence electrons. The first-order chi connectivity index (χ1) is 16.3. The normalized spacial score (nSPS) is 15.1. The van der Waals surface area contributed by atoms with Crippen LogP contribution in [0.5, 0.6) is 0 Å². The molecule has 1 saturated heterocycles. The van der Waals surface area contributed by atoms with Crippen molar-refractivity contribution in [1.29, 1.82) is 0 Å². The zero-order valence-corrected chi connectivity index (χ0v) is 20.4. The van der Waals surface area contributed by atoms with E-state index >= 15 is 0 Å². The van der Waals surface area contributed by atoms with E-state index in [0.717, 1.165) is 54.2 Å². The van der Waals surface area contributed by atoms with Crippen LogP contribution in [0.15, 0.2) is 65.7 Å². The number of aryl methyl sites for hydroxylation is 1. The van der Waals surface area contributed by atoms with E-state index in [-0.39, 0.29) is 0 Å². The molecule has 0 amide bonds. The molecule has 4 aromatic rings. The highest BCUT2D eigenvalue weighted by molar-refractivity contribution is 7.90. The highest BCUT2D eigenvalue weighted by Crippen LogP contribution is 2.27. The van der Waals surface area contributed by atoms with Crippen molar-refractivity contribution in [2.75, 3.05) is 49.7 Å². The second kappa shape index (κ2) is 8.73. The molecule has 34 heavy (non-hydrogen) atoms. The second-order valence-corrected chi connectivity index (χ2v) is 10.9. The SMILES string of the molecule is Cc1cc(N2CCN(C)CC2)ccc1Nc1ncc2ccc(-c3ccc(S(C)(=O)=O)cc3)n2n1. The zero-order valence-electron chi connectivity index (χ0n) is 19.6. The van der Waals surface area contributed by atoms with Crippen LogP contribution >= 0.6 is 0 Å². The summed E-state index contributed by atoms with van der Waals surface area (Å²) >= 11 is 0. The monoisotopic (exact) mass is 476 g/mol. The maximum absolute atomic E-state index is 11.8. The highest BCUT2D eigenvalue weighted by Gasteiger charge is 2.15. The molecule has 0 aliphatic carbocycles. The maximum Gasteiger partial charge on any atom is 0.245 e. The number of hydrogen-bond donors (Lipinski definition) is 1. The van der Waals surface area contributed by atoms with E-state index in [1.54, 1.807) is 30.5 Å². The predicted octanol–water partition coefficient (Wildman–Crippen LogP) is 3.60. The average molecular weight is 477 g/mol. The number of rotatable bonds is 5. The third-order valence-electron chi connectivity index (χ3n) is 6.30.